The van der Waals surface area contributed by atoms with Crippen LogP contribution in [0.3, 0.4) is 0 Å². The number of sulfonamides is 1. The number of nitro benzene ring substituents is 1. The van der Waals surface area contributed by atoms with Gasteiger partial charge >= 0.3 is 0 Å². The molecule has 22 heavy (non-hydrogen) atoms. The zero-order valence-corrected chi connectivity index (χ0v) is 13.6. The third kappa shape index (κ3) is 3.25. The molecule has 2 rings (SSSR count). The number of nitro groups is 1. The molecular formula is C13H10BrFN2O4S. The van der Waals surface area contributed by atoms with Crippen molar-refractivity contribution in [2.75, 3.05) is 4.72 Å². The molecule has 0 aromatic heterocycles. The van der Waals surface area contributed by atoms with Gasteiger partial charge in [-0.3, -0.25) is 14.8 Å². The fourth-order valence-electron chi connectivity index (χ4n) is 1.79. The van der Waals surface area contributed by atoms with Crippen LogP contribution in [0.1, 0.15) is 5.56 Å². The third-order valence-corrected chi connectivity index (χ3v) is 4.93. The third-order valence-electron chi connectivity index (χ3n) is 2.85. The highest BCUT2D eigenvalue weighted by molar-refractivity contribution is 9.10. The van der Waals surface area contributed by atoms with Crippen molar-refractivity contribution >= 4 is 37.3 Å². The molecule has 0 aliphatic heterocycles. The first kappa shape index (κ1) is 16.4. The molecule has 2 aromatic carbocycles. The molecule has 9 heteroatoms. The van der Waals surface area contributed by atoms with E-state index in [9.17, 15) is 22.9 Å². The number of halogens is 2. The fraction of sp³-hybridized carbons (Fsp3) is 0.0769. The average Bonchev–Trinajstić information content (AvgIpc) is 2.40. The second-order valence-corrected chi connectivity index (χ2v) is 6.92. The van der Waals surface area contributed by atoms with Crippen LogP contribution in [0, 0.1) is 22.9 Å². The molecule has 6 nitrogen and oxygen atoms in total. The van der Waals surface area contributed by atoms with E-state index in [4.69, 9.17) is 0 Å². The van der Waals surface area contributed by atoms with Crippen molar-refractivity contribution in [1.29, 1.82) is 0 Å². The lowest BCUT2D eigenvalue weighted by atomic mass is 10.2. The van der Waals surface area contributed by atoms with Crippen LogP contribution in [0.5, 0.6) is 0 Å². The van der Waals surface area contributed by atoms with E-state index in [1.165, 1.54) is 13.0 Å². The molecule has 116 valence electrons. The van der Waals surface area contributed by atoms with E-state index in [1.54, 1.807) is 18.2 Å². The molecule has 0 spiro atoms. The monoisotopic (exact) mass is 388 g/mol. The summed E-state index contributed by atoms with van der Waals surface area (Å²) in [5.41, 5.74) is -0.221. The largest absolute Gasteiger partial charge is 0.278 e. The maximum absolute atomic E-state index is 13.9. The lowest BCUT2D eigenvalue weighted by Gasteiger charge is -2.11. The molecule has 1 N–H and O–H groups in total. The predicted octanol–water partition coefficient (Wildman–Crippen LogP) is 3.61. The van der Waals surface area contributed by atoms with Gasteiger partial charge in [-0.25, -0.2) is 12.8 Å². The van der Waals surface area contributed by atoms with Gasteiger partial charge in [0.2, 0.25) is 0 Å². The van der Waals surface area contributed by atoms with Gasteiger partial charge in [0.05, 0.1) is 10.6 Å². The number of aryl methyl sites for hydroxylation is 1. The Labute approximate surface area is 134 Å². The van der Waals surface area contributed by atoms with E-state index in [1.807, 2.05) is 0 Å². The summed E-state index contributed by atoms with van der Waals surface area (Å²) in [6, 6.07) is 7.89. The first-order chi connectivity index (χ1) is 10.2. The Balaban J connectivity index is 2.52. The van der Waals surface area contributed by atoms with Crippen LogP contribution < -0.4 is 4.72 Å². The van der Waals surface area contributed by atoms with Gasteiger partial charge in [-0.15, -0.1) is 0 Å². The number of rotatable bonds is 4. The number of para-hydroxylation sites is 1. The zero-order chi connectivity index (χ0) is 16.5. The van der Waals surface area contributed by atoms with Gasteiger partial charge in [0, 0.05) is 16.1 Å². The van der Waals surface area contributed by atoms with Gasteiger partial charge in [0.25, 0.3) is 15.7 Å². The van der Waals surface area contributed by atoms with Crippen molar-refractivity contribution in [3.63, 3.8) is 0 Å². The van der Waals surface area contributed by atoms with E-state index >= 15 is 0 Å². The Bertz CT molecular complexity index is 855. The van der Waals surface area contributed by atoms with Crippen LogP contribution in [-0.2, 0) is 10.0 Å². The van der Waals surface area contributed by atoms with Crippen molar-refractivity contribution in [3.8, 4) is 0 Å². The fourth-order valence-corrected chi connectivity index (χ4v) is 3.46. The number of nitrogens with zero attached hydrogens (tertiary/aromatic N) is 1. The van der Waals surface area contributed by atoms with Gasteiger partial charge in [-0.05, 0) is 41.1 Å². The molecule has 2 aromatic rings. The number of nitrogens with one attached hydrogen (secondary N) is 1. The van der Waals surface area contributed by atoms with Crippen LogP contribution in [0.2, 0.25) is 0 Å². The van der Waals surface area contributed by atoms with Crippen LogP contribution in [0.4, 0.5) is 15.8 Å². The lowest BCUT2D eigenvalue weighted by molar-refractivity contribution is -0.385. The normalized spacial score (nSPS) is 11.2. The summed E-state index contributed by atoms with van der Waals surface area (Å²) in [4.78, 5) is 9.35. The smallest absolute Gasteiger partial charge is 0.273 e. The lowest BCUT2D eigenvalue weighted by Crippen LogP contribution is -2.15. The highest BCUT2D eigenvalue weighted by atomic mass is 79.9. The molecule has 0 aliphatic rings. The molecule has 0 aliphatic carbocycles. The van der Waals surface area contributed by atoms with Gasteiger partial charge in [-0.2, -0.15) is 0 Å². The minimum Gasteiger partial charge on any atom is -0.278 e. The highest BCUT2D eigenvalue weighted by Gasteiger charge is 2.25. The molecule has 0 saturated carbocycles. The molecule has 0 bridgehead atoms. The van der Waals surface area contributed by atoms with Gasteiger partial charge in [0.1, 0.15) is 10.7 Å². The van der Waals surface area contributed by atoms with Crippen molar-refractivity contribution in [2.45, 2.75) is 11.8 Å². The summed E-state index contributed by atoms with van der Waals surface area (Å²) >= 11 is 3.16. The van der Waals surface area contributed by atoms with Crippen molar-refractivity contribution in [3.05, 3.63) is 62.4 Å². The summed E-state index contributed by atoms with van der Waals surface area (Å²) in [6.07, 6.45) is 0. The number of hydrogen-bond donors (Lipinski definition) is 1. The number of anilines is 1. The Morgan fingerprint density at radius 2 is 1.91 bits per heavy atom. The quantitative estimate of drug-likeness (QED) is 0.639. The van der Waals surface area contributed by atoms with Gasteiger partial charge in [0.15, 0.2) is 0 Å². The minimum absolute atomic E-state index is 0.0438. The Hall–Kier alpha value is -2.00. The topological polar surface area (TPSA) is 89.3 Å². The summed E-state index contributed by atoms with van der Waals surface area (Å²) in [5.74, 6) is -1.05. The molecule has 0 unspecified atom stereocenters. The molecule has 0 radical (unpaired) electrons. The molecule has 0 amide bonds. The maximum atomic E-state index is 13.9. The van der Waals surface area contributed by atoms with Gasteiger partial charge < -0.3 is 0 Å². The van der Waals surface area contributed by atoms with E-state index < -0.39 is 31.3 Å². The Morgan fingerprint density at radius 1 is 1.27 bits per heavy atom. The number of benzene rings is 2. The van der Waals surface area contributed by atoms with E-state index in [0.717, 1.165) is 6.07 Å². The van der Waals surface area contributed by atoms with E-state index in [2.05, 4.69) is 20.7 Å². The summed E-state index contributed by atoms with van der Waals surface area (Å²) < 4.78 is 41.1. The first-order valence-electron chi connectivity index (χ1n) is 5.94. The average molecular weight is 389 g/mol. The van der Waals surface area contributed by atoms with Crippen molar-refractivity contribution in [2.24, 2.45) is 0 Å². The van der Waals surface area contributed by atoms with Gasteiger partial charge in [-0.1, -0.05) is 12.1 Å². The Kier molecular flexibility index (Phi) is 4.47. The summed E-state index contributed by atoms with van der Waals surface area (Å²) in [6.45, 7) is 1.33. The van der Waals surface area contributed by atoms with Crippen molar-refractivity contribution < 1.29 is 17.7 Å². The minimum atomic E-state index is -4.30. The maximum Gasteiger partial charge on any atom is 0.273 e. The van der Waals surface area contributed by atoms with E-state index in [0.29, 0.717) is 10.5 Å². The van der Waals surface area contributed by atoms with Crippen molar-refractivity contribution in [1.82, 2.24) is 0 Å². The van der Waals surface area contributed by atoms with Crippen LogP contribution >= 0.6 is 15.9 Å². The molecular weight excluding hydrogens is 379 g/mol. The SMILES string of the molecule is Cc1cc(F)c(S(=O)(=O)Nc2ccccc2Br)cc1[N+](=O)[O-]. The second kappa shape index (κ2) is 6.01. The standard InChI is InChI=1S/C13H10BrFN2O4S/c1-8-6-10(15)13(7-12(8)17(18)19)22(20,21)16-11-5-3-2-4-9(11)14/h2-7,16H,1H3. The first-order valence-corrected chi connectivity index (χ1v) is 8.22. The second-order valence-electron chi connectivity index (χ2n) is 4.41. The number of hydrogen-bond acceptors (Lipinski definition) is 4. The van der Waals surface area contributed by atoms with Crippen LogP contribution in [0.25, 0.3) is 0 Å². The predicted molar refractivity (Wildman–Crippen MR) is 82.7 cm³/mol. The molecule has 0 fully saturated rings. The highest BCUT2D eigenvalue weighted by Crippen LogP contribution is 2.29. The summed E-state index contributed by atoms with van der Waals surface area (Å²) in [5, 5.41) is 10.9. The molecule has 0 heterocycles. The molecule has 0 atom stereocenters. The van der Waals surface area contributed by atoms with E-state index in [-0.39, 0.29) is 11.3 Å². The van der Waals surface area contributed by atoms with Crippen LogP contribution in [-0.4, -0.2) is 13.3 Å². The van der Waals surface area contributed by atoms with Crippen LogP contribution in [0.15, 0.2) is 45.8 Å². The summed E-state index contributed by atoms with van der Waals surface area (Å²) in [7, 11) is -4.30. The Morgan fingerprint density at radius 3 is 2.50 bits per heavy atom. The molecule has 0 saturated heterocycles. The zero-order valence-electron chi connectivity index (χ0n) is 11.2.